The zero-order valence-corrected chi connectivity index (χ0v) is 22.5. The summed E-state index contributed by atoms with van der Waals surface area (Å²) in [5.74, 6) is -0.559. The number of nitrogens with one attached hydrogen (secondary N) is 2. The van der Waals surface area contributed by atoms with E-state index < -0.39 is 12.3 Å². The van der Waals surface area contributed by atoms with Crippen molar-refractivity contribution in [1.82, 2.24) is 20.1 Å². The molecule has 0 aliphatic carbocycles. The molecular formula is C27H31Cl2N5O4. The van der Waals surface area contributed by atoms with Gasteiger partial charge in [-0.1, -0.05) is 54.4 Å². The van der Waals surface area contributed by atoms with Crippen molar-refractivity contribution in [2.45, 2.75) is 37.8 Å². The molecule has 2 aliphatic heterocycles. The van der Waals surface area contributed by atoms with E-state index in [0.717, 1.165) is 22.0 Å². The van der Waals surface area contributed by atoms with Crippen molar-refractivity contribution < 1.29 is 19.1 Å². The highest BCUT2D eigenvalue weighted by atomic mass is 35.5. The number of nitrogens with zero attached hydrogens (tertiary/aromatic N) is 2. The minimum absolute atomic E-state index is 0.164. The topological polar surface area (TPSA) is 113 Å². The second-order valence-corrected chi connectivity index (χ2v) is 10.6. The van der Waals surface area contributed by atoms with Gasteiger partial charge in [0.05, 0.1) is 35.8 Å². The number of carbonyl (C=O) groups is 2. The minimum Gasteiger partial charge on any atom is -0.361 e. The van der Waals surface area contributed by atoms with Crippen LogP contribution in [0.3, 0.4) is 0 Å². The van der Waals surface area contributed by atoms with Gasteiger partial charge in [0.2, 0.25) is 5.91 Å². The molecule has 2 aliphatic rings. The fourth-order valence-corrected chi connectivity index (χ4v) is 5.43. The third-order valence-corrected chi connectivity index (χ3v) is 7.85. The van der Waals surface area contributed by atoms with E-state index in [2.05, 4.69) is 10.3 Å². The molecule has 0 unspecified atom stereocenters. The molecule has 3 amide bonds. The average molecular weight is 560 g/mol. The first-order valence-corrected chi connectivity index (χ1v) is 13.4. The van der Waals surface area contributed by atoms with E-state index >= 15 is 0 Å². The monoisotopic (exact) mass is 559 g/mol. The summed E-state index contributed by atoms with van der Waals surface area (Å²) in [5.41, 5.74) is 8.63. The lowest BCUT2D eigenvalue weighted by molar-refractivity contribution is -0.183. The number of amides is 3. The molecule has 0 bridgehead atoms. The Bertz CT molecular complexity index is 1310. The van der Waals surface area contributed by atoms with Crippen LogP contribution in [0.5, 0.6) is 0 Å². The van der Waals surface area contributed by atoms with Crippen LogP contribution in [0.25, 0.3) is 10.9 Å². The molecule has 11 heteroatoms. The maximum atomic E-state index is 13.7. The molecule has 4 N–H and O–H groups in total. The zero-order valence-electron chi connectivity index (χ0n) is 21.0. The Morgan fingerprint density at radius 3 is 2.68 bits per heavy atom. The molecule has 2 fully saturated rings. The molecule has 202 valence electrons. The third-order valence-electron chi connectivity index (χ3n) is 7.11. The number of rotatable bonds is 8. The standard InChI is InChI=1S/C27H31Cl2N5O4/c1-16(20-11-31-23-5-3-2-4-19(20)23)25(26(35)32-12-24-37-14-18(30)15-38-24)34-9-8-33(27(34)36)13-17-6-7-21(28)22(29)10-17/h2-7,10-11,16,18,24-25,31H,8-9,12-15,30H2,1H3,(H,32,35)/t16-,18?,24?,25+/m0/s1. The van der Waals surface area contributed by atoms with Crippen molar-refractivity contribution in [1.29, 1.82) is 0 Å². The molecule has 1 aromatic heterocycles. The number of benzene rings is 2. The quantitative estimate of drug-likeness (QED) is 0.389. The maximum Gasteiger partial charge on any atom is 0.321 e. The summed E-state index contributed by atoms with van der Waals surface area (Å²) < 4.78 is 11.2. The van der Waals surface area contributed by atoms with Crippen LogP contribution in [0.15, 0.2) is 48.7 Å². The first-order valence-electron chi connectivity index (χ1n) is 12.6. The minimum atomic E-state index is -0.744. The van der Waals surface area contributed by atoms with Crippen molar-refractivity contribution in [3.63, 3.8) is 0 Å². The van der Waals surface area contributed by atoms with Crippen molar-refractivity contribution >= 4 is 46.0 Å². The molecule has 3 aromatic rings. The molecule has 38 heavy (non-hydrogen) atoms. The van der Waals surface area contributed by atoms with Gasteiger partial charge in [0.25, 0.3) is 0 Å². The molecule has 0 radical (unpaired) electrons. The van der Waals surface area contributed by atoms with E-state index in [4.69, 9.17) is 38.4 Å². The first-order chi connectivity index (χ1) is 18.3. The van der Waals surface area contributed by atoms with E-state index in [1.54, 1.807) is 21.9 Å². The predicted molar refractivity (Wildman–Crippen MR) is 146 cm³/mol. The van der Waals surface area contributed by atoms with E-state index in [1.807, 2.05) is 43.5 Å². The highest BCUT2D eigenvalue weighted by Gasteiger charge is 2.41. The van der Waals surface area contributed by atoms with E-state index in [1.165, 1.54) is 0 Å². The Morgan fingerprint density at radius 2 is 1.92 bits per heavy atom. The Labute approximate surface area is 231 Å². The van der Waals surface area contributed by atoms with Gasteiger partial charge in [-0.15, -0.1) is 0 Å². The number of hydrogen-bond acceptors (Lipinski definition) is 5. The number of ether oxygens (including phenoxy) is 2. The molecule has 3 heterocycles. The number of aromatic amines is 1. The Balaban J connectivity index is 1.36. The number of fused-ring (bicyclic) bond motifs is 1. The van der Waals surface area contributed by atoms with Gasteiger partial charge >= 0.3 is 6.03 Å². The van der Waals surface area contributed by atoms with Crippen LogP contribution >= 0.6 is 23.2 Å². The number of carbonyl (C=O) groups excluding carboxylic acids is 2. The third kappa shape index (κ3) is 5.62. The largest absolute Gasteiger partial charge is 0.361 e. The second kappa shape index (κ2) is 11.5. The van der Waals surface area contributed by atoms with Crippen molar-refractivity contribution in [3.05, 3.63) is 69.8 Å². The zero-order chi connectivity index (χ0) is 26.8. The molecule has 2 atom stereocenters. The van der Waals surface area contributed by atoms with Gasteiger partial charge in [-0.3, -0.25) is 4.79 Å². The molecular weight excluding hydrogens is 529 g/mol. The average Bonchev–Trinajstić information content (AvgIpc) is 3.50. The number of halogens is 2. The van der Waals surface area contributed by atoms with E-state index in [-0.39, 0.29) is 30.4 Å². The molecule has 5 rings (SSSR count). The normalized spacial score (nSPS) is 21.6. The lowest BCUT2D eigenvalue weighted by atomic mass is 9.91. The summed E-state index contributed by atoms with van der Waals surface area (Å²) in [6.07, 6.45) is 1.33. The molecule has 9 nitrogen and oxygen atoms in total. The number of aromatic nitrogens is 1. The van der Waals surface area contributed by atoms with Crippen molar-refractivity contribution in [2.75, 3.05) is 32.8 Å². The number of urea groups is 1. The number of nitrogens with two attached hydrogens (primary N) is 1. The summed E-state index contributed by atoms with van der Waals surface area (Å²) in [5, 5.41) is 4.86. The summed E-state index contributed by atoms with van der Waals surface area (Å²) >= 11 is 12.2. The fraction of sp³-hybridized carbons (Fsp3) is 0.407. The summed E-state index contributed by atoms with van der Waals surface area (Å²) in [4.78, 5) is 34.0. The van der Waals surface area contributed by atoms with Gasteiger partial charge in [-0.25, -0.2) is 4.79 Å². The first kappa shape index (κ1) is 26.8. The summed E-state index contributed by atoms with van der Waals surface area (Å²) in [6, 6.07) is 12.1. The van der Waals surface area contributed by atoms with Crippen molar-refractivity contribution in [3.8, 4) is 0 Å². The van der Waals surface area contributed by atoms with Crippen LogP contribution in [0.4, 0.5) is 4.79 Å². The highest BCUT2D eigenvalue weighted by Crippen LogP contribution is 2.32. The Kier molecular flexibility index (Phi) is 8.11. The summed E-state index contributed by atoms with van der Waals surface area (Å²) in [6.45, 7) is 4.13. The smallest absolute Gasteiger partial charge is 0.321 e. The van der Waals surface area contributed by atoms with Crippen LogP contribution in [0, 0.1) is 0 Å². The maximum absolute atomic E-state index is 13.7. The fourth-order valence-electron chi connectivity index (χ4n) is 5.11. The molecule has 2 aromatic carbocycles. The summed E-state index contributed by atoms with van der Waals surface area (Å²) in [7, 11) is 0. The molecule has 0 saturated carbocycles. The molecule has 2 saturated heterocycles. The number of H-pyrrole nitrogens is 1. The number of hydrogen-bond donors (Lipinski definition) is 3. The van der Waals surface area contributed by atoms with Crippen LogP contribution in [0.1, 0.15) is 24.0 Å². The van der Waals surface area contributed by atoms with Gasteiger partial charge in [0.15, 0.2) is 6.29 Å². The Morgan fingerprint density at radius 1 is 1.16 bits per heavy atom. The van der Waals surface area contributed by atoms with Gasteiger partial charge < -0.3 is 35.3 Å². The lowest BCUT2D eigenvalue weighted by Crippen LogP contribution is -2.53. The highest BCUT2D eigenvalue weighted by molar-refractivity contribution is 6.42. The van der Waals surface area contributed by atoms with E-state index in [9.17, 15) is 9.59 Å². The second-order valence-electron chi connectivity index (χ2n) is 9.77. The predicted octanol–water partition coefficient (Wildman–Crippen LogP) is 3.70. The van der Waals surface area contributed by atoms with Crippen LogP contribution in [0.2, 0.25) is 10.0 Å². The van der Waals surface area contributed by atoms with Gasteiger partial charge in [0, 0.05) is 42.7 Å². The van der Waals surface area contributed by atoms with Crippen LogP contribution in [-0.2, 0) is 20.8 Å². The molecule has 0 spiro atoms. The van der Waals surface area contributed by atoms with Gasteiger partial charge in [0.1, 0.15) is 6.04 Å². The van der Waals surface area contributed by atoms with Crippen LogP contribution in [-0.4, -0.2) is 77.9 Å². The van der Waals surface area contributed by atoms with Gasteiger partial charge in [-0.05, 0) is 29.3 Å². The Hall–Kier alpha value is -2.82. The van der Waals surface area contributed by atoms with Crippen LogP contribution < -0.4 is 11.1 Å². The SMILES string of the molecule is C[C@@H](c1c[nH]c2ccccc12)[C@H](C(=O)NCC1OCC(N)CO1)N1CCN(Cc2ccc(Cl)c(Cl)c2)C1=O. The number of para-hydroxylation sites is 1. The van der Waals surface area contributed by atoms with Crippen molar-refractivity contribution in [2.24, 2.45) is 5.73 Å². The van der Waals surface area contributed by atoms with E-state index in [0.29, 0.717) is 42.9 Å². The lowest BCUT2D eigenvalue weighted by Gasteiger charge is -2.33. The van der Waals surface area contributed by atoms with Gasteiger partial charge in [-0.2, -0.15) is 0 Å².